The molecule has 1 aromatic heterocycles. The summed E-state index contributed by atoms with van der Waals surface area (Å²) in [6, 6.07) is 10.3. The second-order valence-corrected chi connectivity index (χ2v) is 4.25. The summed E-state index contributed by atoms with van der Waals surface area (Å²) in [7, 11) is 0. The minimum atomic E-state index is 0.435. The second kappa shape index (κ2) is 5.63. The summed E-state index contributed by atoms with van der Waals surface area (Å²) in [6.45, 7) is 0.435. The van der Waals surface area contributed by atoms with Crippen molar-refractivity contribution in [1.82, 2.24) is 9.97 Å². The smallest absolute Gasteiger partial charge is 0.119 e. The first-order valence-electron chi connectivity index (χ1n) is 5.07. The Morgan fingerprint density at radius 3 is 2.56 bits per heavy atom. The minimum Gasteiger partial charge on any atom is -0.325 e. The number of hydrogen-bond acceptors (Lipinski definition) is 4. The van der Waals surface area contributed by atoms with Crippen molar-refractivity contribution in [1.29, 1.82) is 0 Å². The zero-order valence-corrected chi connectivity index (χ0v) is 9.65. The number of benzene rings is 1. The van der Waals surface area contributed by atoms with E-state index in [9.17, 15) is 0 Å². The van der Waals surface area contributed by atoms with Gasteiger partial charge in [-0.2, -0.15) is 0 Å². The standard InChI is InChI=1S/C12H13N3S/c13-8-11-12(15-7-6-14-11)16-9-10-4-2-1-3-5-10/h1-7H,8-9,13H2. The first-order chi connectivity index (χ1) is 7.90. The van der Waals surface area contributed by atoms with Crippen molar-refractivity contribution in [3.63, 3.8) is 0 Å². The van der Waals surface area contributed by atoms with Crippen LogP contribution in [0.4, 0.5) is 0 Å². The fourth-order valence-corrected chi connectivity index (χ4v) is 2.27. The Hall–Kier alpha value is -1.39. The number of thioether (sulfide) groups is 1. The molecule has 2 N–H and O–H groups in total. The van der Waals surface area contributed by atoms with Gasteiger partial charge in [0.1, 0.15) is 5.03 Å². The van der Waals surface area contributed by atoms with Gasteiger partial charge >= 0.3 is 0 Å². The quantitative estimate of drug-likeness (QED) is 0.820. The third-order valence-corrected chi connectivity index (χ3v) is 3.24. The van der Waals surface area contributed by atoms with E-state index < -0.39 is 0 Å². The SMILES string of the molecule is NCc1nccnc1SCc1ccccc1. The van der Waals surface area contributed by atoms with Gasteiger partial charge in [0.05, 0.1) is 5.69 Å². The molecule has 0 bridgehead atoms. The van der Waals surface area contributed by atoms with Gasteiger partial charge in [-0.25, -0.2) is 4.98 Å². The summed E-state index contributed by atoms with van der Waals surface area (Å²) in [5.74, 6) is 0.895. The lowest BCUT2D eigenvalue weighted by molar-refractivity contribution is 0.886. The molecular weight excluding hydrogens is 218 g/mol. The maximum Gasteiger partial charge on any atom is 0.119 e. The van der Waals surface area contributed by atoms with Gasteiger partial charge in [-0.15, -0.1) is 0 Å². The monoisotopic (exact) mass is 231 g/mol. The Balaban J connectivity index is 2.05. The topological polar surface area (TPSA) is 51.8 Å². The highest BCUT2D eigenvalue weighted by atomic mass is 32.2. The van der Waals surface area contributed by atoms with Crippen LogP contribution < -0.4 is 5.73 Å². The second-order valence-electron chi connectivity index (χ2n) is 3.29. The summed E-state index contributed by atoms with van der Waals surface area (Å²) in [5.41, 5.74) is 7.75. The van der Waals surface area contributed by atoms with Crippen molar-refractivity contribution in [2.24, 2.45) is 5.73 Å². The van der Waals surface area contributed by atoms with Crippen LogP contribution in [0.1, 0.15) is 11.3 Å². The molecule has 2 aromatic rings. The Labute approximate surface area is 99.1 Å². The van der Waals surface area contributed by atoms with Crippen molar-refractivity contribution in [2.75, 3.05) is 0 Å². The van der Waals surface area contributed by atoms with Gasteiger partial charge in [0.15, 0.2) is 0 Å². The molecule has 0 aliphatic heterocycles. The van der Waals surface area contributed by atoms with Crippen LogP contribution in [0.25, 0.3) is 0 Å². The van der Waals surface area contributed by atoms with Crippen LogP contribution in [-0.2, 0) is 12.3 Å². The fraction of sp³-hybridized carbons (Fsp3) is 0.167. The van der Waals surface area contributed by atoms with Crippen LogP contribution in [0.15, 0.2) is 47.8 Å². The molecule has 0 amide bonds. The summed E-state index contributed by atoms with van der Waals surface area (Å²) < 4.78 is 0. The zero-order chi connectivity index (χ0) is 11.2. The molecule has 0 saturated heterocycles. The van der Waals surface area contributed by atoms with Gasteiger partial charge in [-0.3, -0.25) is 4.98 Å². The summed E-state index contributed by atoms with van der Waals surface area (Å²) >= 11 is 1.67. The van der Waals surface area contributed by atoms with Crippen molar-refractivity contribution >= 4 is 11.8 Å². The summed E-state index contributed by atoms with van der Waals surface area (Å²) in [6.07, 6.45) is 3.38. The van der Waals surface area contributed by atoms with Crippen LogP contribution in [0.5, 0.6) is 0 Å². The Morgan fingerprint density at radius 2 is 1.81 bits per heavy atom. The lowest BCUT2D eigenvalue weighted by Crippen LogP contribution is -2.02. The van der Waals surface area contributed by atoms with Gasteiger partial charge in [0.2, 0.25) is 0 Å². The molecule has 0 radical (unpaired) electrons. The summed E-state index contributed by atoms with van der Waals surface area (Å²) in [5, 5.41) is 0.925. The normalized spacial score (nSPS) is 10.3. The van der Waals surface area contributed by atoms with E-state index in [1.165, 1.54) is 5.56 Å². The van der Waals surface area contributed by atoms with Crippen LogP contribution in [-0.4, -0.2) is 9.97 Å². The van der Waals surface area contributed by atoms with E-state index in [2.05, 4.69) is 22.1 Å². The van der Waals surface area contributed by atoms with Gasteiger partial charge in [-0.1, -0.05) is 42.1 Å². The van der Waals surface area contributed by atoms with Crippen molar-refractivity contribution in [3.05, 3.63) is 54.0 Å². The van der Waals surface area contributed by atoms with E-state index in [0.717, 1.165) is 16.5 Å². The van der Waals surface area contributed by atoms with Gasteiger partial charge in [0, 0.05) is 24.7 Å². The number of aromatic nitrogens is 2. The maximum atomic E-state index is 5.60. The number of rotatable bonds is 4. The summed E-state index contributed by atoms with van der Waals surface area (Å²) in [4.78, 5) is 8.49. The highest BCUT2D eigenvalue weighted by molar-refractivity contribution is 7.98. The van der Waals surface area contributed by atoms with Crippen molar-refractivity contribution in [2.45, 2.75) is 17.3 Å². The number of hydrogen-bond donors (Lipinski definition) is 1. The third kappa shape index (κ3) is 2.81. The molecule has 0 fully saturated rings. The van der Waals surface area contributed by atoms with E-state index in [-0.39, 0.29) is 0 Å². The van der Waals surface area contributed by atoms with Gasteiger partial charge in [0.25, 0.3) is 0 Å². The average Bonchev–Trinajstić information content (AvgIpc) is 2.38. The lowest BCUT2D eigenvalue weighted by atomic mass is 10.2. The highest BCUT2D eigenvalue weighted by Gasteiger charge is 2.03. The van der Waals surface area contributed by atoms with Crippen LogP contribution >= 0.6 is 11.8 Å². The molecule has 2 rings (SSSR count). The molecule has 0 saturated carbocycles. The molecule has 0 unspecified atom stereocenters. The molecule has 1 aromatic carbocycles. The number of nitrogens with two attached hydrogens (primary N) is 1. The van der Waals surface area contributed by atoms with E-state index in [1.807, 2.05) is 18.2 Å². The molecule has 4 heteroatoms. The molecule has 0 spiro atoms. The predicted molar refractivity (Wildman–Crippen MR) is 65.9 cm³/mol. The highest BCUT2D eigenvalue weighted by Crippen LogP contribution is 2.22. The van der Waals surface area contributed by atoms with Crippen LogP contribution in [0, 0.1) is 0 Å². The minimum absolute atomic E-state index is 0.435. The lowest BCUT2D eigenvalue weighted by Gasteiger charge is -2.04. The van der Waals surface area contributed by atoms with Gasteiger partial charge in [-0.05, 0) is 5.56 Å². The molecule has 0 aliphatic carbocycles. The average molecular weight is 231 g/mol. The molecule has 0 atom stereocenters. The fourth-order valence-electron chi connectivity index (χ4n) is 1.34. The van der Waals surface area contributed by atoms with Crippen LogP contribution in [0.2, 0.25) is 0 Å². The van der Waals surface area contributed by atoms with E-state index in [4.69, 9.17) is 5.73 Å². The molecule has 1 heterocycles. The Bertz CT molecular complexity index is 445. The molecule has 0 aliphatic rings. The first kappa shape index (κ1) is 11.1. The molecule has 82 valence electrons. The van der Waals surface area contributed by atoms with E-state index >= 15 is 0 Å². The first-order valence-corrected chi connectivity index (χ1v) is 6.05. The largest absolute Gasteiger partial charge is 0.325 e. The third-order valence-electron chi connectivity index (χ3n) is 2.15. The number of nitrogens with zero attached hydrogens (tertiary/aromatic N) is 2. The van der Waals surface area contributed by atoms with Crippen molar-refractivity contribution < 1.29 is 0 Å². The molecule has 16 heavy (non-hydrogen) atoms. The van der Waals surface area contributed by atoms with Crippen LogP contribution in [0.3, 0.4) is 0 Å². The van der Waals surface area contributed by atoms with Crippen molar-refractivity contribution in [3.8, 4) is 0 Å². The molecular formula is C12H13N3S. The maximum absolute atomic E-state index is 5.60. The van der Waals surface area contributed by atoms with E-state index in [1.54, 1.807) is 24.2 Å². The predicted octanol–water partition coefficient (Wildman–Crippen LogP) is 2.23. The molecule has 3 nitrogen and oxygen atoms in total. The Kier molecular flexibility index (Phi) is 3.91. The van der Waals surface area contributed by atoms with Gasteiger partial charge < -0.3 is 5.73 Å². The zero-order valence-electron chi connectivity index (χ0n) is 8.84. The van der Waals surface area contributed by atoms with E-state index in [0.29, 0.717) is 6.54 Å². The Morgan fingerprint density at radius 1 is 1.06 bits per heavy atom.